The van der Waals surface area contributed by atoms with Crippen molar-refractivity contribution in [2.45, 2.75) is 30.4 Å². The molecule has 0 fully saturated rings. The van der Waals surface area contributed by atoms with Crippen LogP contribution in [0.5, 0.6) is 0 Å². The van der Waals surface area contributed by atoms with Gasteiger partial charge >= 0.3 is 5.97 Å². The number of aliphatic carboxylic acids is 1. The lowest BCUT2D eigenvalue weighted by Crippen LogP contribution is -2.46. The molecule has 1 aromatic carbocycles. The van der Waals surface area contributed by atoms with Crippen LogP contribution >= 0.6 is 11.8 Å². The summed E-state index contributed by atoms with van der Waals surface area (Å²) >= 11 is 1.41. The lowest BCUT2D eigenvalue weighted by molar-refractivity contribution is -0.384. The highest BCUT2D eigenvalue weighted by Crippen LogP contribution is 2.31. The zero-order valence-electron chi connectivity index (χ0n) is 10.7. The van der Waals surface area contributed by atoms with Gasteiger partial charge in [0.1, 0.15) is 6.04 Å². The molecule has 6 nitrogen and oxygen atoms in total. The van der Waals surface area contributed by atoms with Crippen LogP contribution in [-0.4, -0.2) is 26.8 Å². The van der Waals surface area contributed by atoms with Crippen molar-refractivity contribution in [2.75, 3.05) is 0 Å². The van der Waals surface area contributed by atoms with Gasteiger partial charge in [0.2, 0.25) is 0 Å². The standard InChI is InChI=1S/C12H16N2O4S/c1-12(2,10(13)11(15)16)19-7-8-3-5-9(6-4-8)14(17)18/h3-6,10H,7,13H2,1-2H3,(H,15,16)/t10-/m1/s1. The molecule has 0 saturated carbocycles. The molecule has 0 aromatic heterocycles. The van der Waals surface area contributed by atoms with Crippen LogP contribution in [0.1, 0.15) is 19.4 Å². The number of hydrogen-bond acceptors (Lipinski definition) is 5. The smallest absolute Gasteiger partial charge is 0.321 e. The number of rotatable bonds is 6. The van der Waals surface area contributed by atoms with Crippen LogP contribution in [0.25, 0.3) is 0 Å². The second kappa shape index (κ2) is 6.03. The third-order valence-electron chi connectivity index (χ3n) is 2.77. The van der Waals surface area contributed by atoms with Crippen molar-refractivity contribution in [1.82, 2.24) is 0 Å². The van der Waals surface area contributed by atoms with Gasteiger partial charge in [-0.2, -0.15) is 0 Å². The molecule has 1 atom stereocenters. The summed E-state index contributed by atoms with van der Waals surface area (Å²) in [6.07, 6.45) is 0. The topological polar surface area (TPSA) is 106 Å². The fraction of sp³-hybridized carbons (Fsp3) is 0.417. The van der Waals surface area contributed by atoms with Crippen LogP contribution in [0.3, 0.4) is 0 Å². The number of carbonyl (C=O) groups is 1. The van der Waals surface area contributed by atoms with Gasteiger partial charge in [0.05, 0.1) is 4.92 Å². The maximum atomic E-state index is 10.9. The summed E-state index contributed by atoms with van der Waals surface area (Å²) in [7, 11) is 0. The van der Waals surface area contributed by atoms with Crippen molar-refractivity contribution in [3.05, 3.63) is 39.9 Å². The van der Waals surface area contributed by atoms with Gasteiger partial charge in [-0.15, -0.1) is 11.8 Å². The molecule has 0 saturated heterocycles. The maximum absolute atomic E-state index is 10.9. The minimum atomic E-state index is -1.04. The normalized spacial score (nSPS) is 13.0. The van der Waals surface area contributed by atoms with E-state index in [2.05, 4.69) is 0 Å². The van der Waals surface area contributed by atoms with Crippen molar-refractivity contribution in [3.63, 3.8) is 0 Å². The van der Waals surface area contributed by atoms with Crippen molar-refractivity contribution in [2.24, 2.45) is 5.73 Å². The van der Waals surface area contributed by atoms with E-state index in [9.17, 15) is 14.9 Å². The molecule has 0 bridgehead atoms. The summed E-state index contributed by atoms with van der Waals surface area (Å²) in [6.45, 7) is 3.53. The van der Waals surface area contributed by atoms with E-state index in [0.29, 0.717) is 5.75 Å². The zero-order valence-corrected chi connectivity index (χ0v) is 11.5. The van der Waals surface area contributed by atoms with Crippen LogP contribution in [0.15, 0.2) is 24.3 Å². The SMILES string of the molecule is CC(C)(SCc1ccc([N+](=O)[O-])cc1)[C@H](N)C(=O)O. The molecule has 0 spiro atoms. The van der Waals surface area contributed by atoms with Gasteiger partial charge in [0.25, 0.3) is 5.69 Å². The number of nitrogens with two attached hydrogens (primary N) is 1. The molecule has 3 N–H and O–H groups in total. The summed E-state index contributed by atoms with van der Waals surface area (Å²) in [5.41, 5.74) is 6.54. The van der Waals surface area contributed by atoms with Crippen molar-refractivity contribution in [3.8, 4) is 0 Å². The van der Waals surface area contributed by atoms with Gasteiger partial charge < -0.3 is 10.8 Å². The Morgan fingerprint density at radius 3 is 2.42 bits per heavy atom. The molecule has 0 aliphatic rings. The first kappa shape index (κ1) is 15.5. The van der Waals surface area contributed by atoms with E-state index < -0.39 is 21.7 Å². The number of nitro benzene ring substituents is 1. The number of nitro groups is 1. The van der Waals surface area contributed by atoms with Gasteiger partial charge in [-0.25, -0.2) is 0 Å². The van der Waals surface area contributed by atoms with E-state index in [1.165, 1.54) is 23.9 Å². The molecular formula is C12H16N2O4S. The Kier molecular flexibility index (Phi) is 4.90. The molecule has 7 heteroatoms. The zero-order chi connectivity index (χ0) is 14.6. The fourth-order valence-electron chi connectivity index (χ4n) is 1.37. The van der Waals surface area contributed by atoms with Crippen LogP contribution in [-0.2, 0) is 10.5 Å². The van der Waals surface area contributed by atoms with Gasteiger partial charge in [0, 0.05) is 22.6 Å². The number of non-ortho nitro benzene ring substituents is 1. The Balaban J connectivity index is 2.66. The molecule has 0 aliphatic heterocycles. The minimum absolute atomic E-state index is 0.0373. The van der Waals surface area contributed by atoms with Crippen molar-refractivity contribution >= 4 is 23.4 Å². The number of nitrogens with zero attached hydrogens (tertiary/aromatic N) is 1. The molecule has 0 heterocycles. The number of thioether (sulfide) groups is 1. The summed E-state index contributed by atoms with van der Waals surface area (Å²) < 4.78 is -0.617. The van der Waals surface area contributed by atoms with Gasteiger partial charge in [0.15, 0.2) is 0 Å². The third-order valence-corrected chi connectivity index (χ3v) is 4.25. The molecule has 1 aromatic rings. The Bertz CT molecular complexity index is 473. The quantitative estimate of drug-likeness (QED) is 0.611. The molecule has 104 valence electrons. The van der Waals surface area contributed by atoms with Crippen LogP contribution in [0, 0.1) is 10.1 Å². The highest BCUT2D eigenvalue weighted by Gasteiger charge is 2.32. The molecule has 1 rings (SSSR count). The molecular weight excluding hydrogens is 268 g/mol. The lowest BCUT2D eigenvalue weighted by atomic mass is 10.1. The Morgan fingerprint density at radius 1 is 1.47 bits per heavy atom. The molecule has 0 amide bonds. The monoisotopic (exact) mass is 284 g/mol. The Labute approximate surface area is 115 Å². The first-order valence-corrected chi connectivity index (χ1v) is 6.58. The highest BCUT2D eigenvalue weighted by molar-refractivity contribution is 7.99. The summed E-state index contributed by atoms with van der Waals surface area (Å²) in [4.78, 5) is 20.9. The van der Waals surface area contributed by atoms with Crippen LogP contribution < -0.4 is 5.73 Å². The lowest BCUT2D eigenvalue weighted by Gasteiger charge is -2.27. The van der Waals surface area contributed by atoms with Crippen LogP contribution in [0.4, 0.5) is 5.69 Å². The van der Waals surface area contributed by atoms with E-state index in [-0.39, 0.29) is 5.69 Å². The minimum Gasteiger partial charge on any atom is -0.480 e. The second-order valence-electron chi connectivity index (χ2n) is 4.63. The predicted octanol–water partition coefficient (Wildman–Crippen LogP) is 2.02. The second-order valence-corrected chi connectivity index (χ2v) is 6.26. The van der Waals surface area contributed by atoms with E-state index in [0.717, 1.165) is 5.56 Å². The van der Waals surface area contributed by atoms with E-state index >= 15 is 0 Å². The predicted molar refractivity (Wildman–Crippen MR) is 74.1 cm³/mol. The first-order valence-electron chi connectivity index (χ1n) is 5.59. The van der Waals surface area contributed by atoms with Gasteiger partial charge in [-0.3, -0.25) is 14.9 Å². The Hall–Kier alpha value is -1.60. The van der Waals surface area contributed by atoms with Crippen molar-refractivity contribution < 1.29 is 14.8 Å². The van der Waals surface area contributed by atoms with Crippen LogP contribution in [0.2, 0.25) is 0 Å². The molecule has 0 unspecified atom stereocenters. The maximum Gasteiger partial charge on any atom is 0.321 e. The summed E-state index contributed by atoms with van der Waals surface area (Å²) in [5, 5.41) is 19.4. The largest absolute Gasteiger partial charge is 0.480 e. The average Bonchev–Trinajstić information content (AvgIpc) is 2.35. The Morgan fingerprint density at radius 2 is 2.00 bits per heavy atom. The van der Waals surface area contributed by atoms with Gasteiger partial charge in [-0.1, -0.05) is 12.1 Å². The first-order chi connectivity index (χ1) is 8.74. The van der Waals surface area contributed by atoms with E-state index in [1.54, 1.807) is 26.0 Å². The van der Waals surface area contributed by atoms with Crippen molar-refractivity contribution in [1.29, 1.82) is 0 Å². The highest BCUT2D eigenvalue weighted by atomic mass is 32.2. The number of benzene rings is 1. The summed E-state index contributed by atoms with van der Waals surface area (Å²) in [6, 6.07) is 5.22. The average molecular weight is 284 g/mol. The number of carboxylic acid groups (broad SMARTS) is 1. The summed E-state index contributed by atoms with van der Waals surface area (Å²) in [5.74, 6) is -0.493. The van der Waals surface area contributed by atoms with E-state index in [1.807, 2.05) is 0 Å². The number of carboxylic acids is 1. The fourth-order valence-corrected chi connectivity index (χ4v) is 2.38. The van der Waals surface area contributed by atoms with E-state index in [4.69, 9.17) is 10.8 Å². The molecule has 0 radical (unpaired) electrons. The van der Waals surface area contributed by atoms with Gasteiger partial charge in [-0.05, 0) is 19.4 Å². The molecule has 0 aliphatic carbocycles. The third kappa shape index (κ3) is 4.22. The molecule has 19 heavy (non-hydrogen) atoms. The number of hydrogen-bond donors (Lipinski definition) is 2.